The first kappa shape index (κ1) is 19.2. The summed E-state index contributed by atoms with van der Waals surface area (Å²) in [5, 5.41) is 2.70. The minimum atomic E-state index is 0. The minimum absolute atomic E-state index is 0. The molecule has 1 heteroatoms. The van der Waals surface area contributed by atoms with E-state index in [1.807, 2.05) is 0 Å². The normalized spacial score (nSPS) is 16.3. The summed E-state index contributed by atoms with van der Waals surface area (Å²) in [5.41, 5.74) is 10.0. The van der Waals surface area contributed by atoms with Gasteiger partial charge >= 0.3 is 0 Å². The molecule has 1 aliphatic carbocycles. The van der Waals surface area contributed by atoms with Gasteiger partial charge in [-0.3, -0.25) is 0 Å². The Labute approximate surface area is 176 Å². The van der Waals surface area contributed by atoms with Crippen LogP contribution in [0.3, 0.4) is 0 Å². The number of fused-ring (bicyclic) bond motifs is 1. The van der Waals surface area contributed by atoms with Gasteiger partial charge in [-0.15, -0.1) is 34.0 Å². The molecule has 0 saturated heterocycles. The number of hydrogen-bond donors (Lipinski definition) is 0. The van der Waals surface area contributed by atoms with E-state index in [4.69, 9.17) is 0 Å². The third kappa shape index (κ3) is 2.72. The molecule has 0 radical (unpaired) electrons. The smallest absolute Gasteiger partial charge is 0.00415 e. The zero-order valence-electron chi connectivity index (χ0n) is 16.3. The molecule has 0 N–H and O–H groups in total. The first-order valence-electron chi connectivity index (χ1n) is 9.07. The summed E-state index contributed by atoms with van der Waals surface area (Å²) in [5.74, 6) is 0. The maximum Gasteiger partial charge on any atom is 0.00415 e. The Morgan fingerprint density at radius 2 is 1.38 bits per heavy atom. The van der Waals surface area contributed by atoms with Crippen molar-refractivity contribution < 1.29 is 26.2 Å². The topological polar surface area (TPSA) is 0 Å². The Bertz CT molecular complexity index is 1030. The van der Waals surface area contributed by atoms with Crippen molar-refractivity contribution in [2.45, 2.75) is 34.6 Å². The fraction of sp³-hybridized carbons (Fsp3) is 0.240. The Morgan fingerprint density at radius 3 is 2.00 bits per heavy atom. The van der Waals surface area contributed by atoms with Gasteiger partial charge in [0.15, 0.2) is 0 Å². The molecule has 26 heavy (non-hydrogen) atoms. The van der Waals surface area contributed by atoms with Gasteiger partial charge < -0.3 is 0 Å². The molecule has 0 saturated carbocycles. The molecule has 0 bridgehead atoms. The van der Waals surface area contributed by atoms with Crippen molar-refractivity contribution in [3.63, 3.8) is 0 Å². The summed E-state index contributed by atoms with van der Waals surface area (Å²) < 4.78 is 0. The van der Waals surface area contributed by atoms with E-state index in [0.717, 1.165) is 0 Å². The van der Waals surface area contributed by atoms with Crippen LogP contribution in [0.2, 0.25) is 0 Å². The quantitative estimate of drug-likeness (QED) is 0.382. The van der Waals surface area contributed by atoms with Crippen molar-refractivity contribution in [2.75, 3.05) is 0 Å². The Kier molecular flexibility index (Phi) is 5.06. The second-order valence-electron chi connectivity index (χ2n) is 7.76. The van der Waals surface area contributed by atoms with Crippen LogP contribution in [0.25, 0.3) is 27.5 Å². The maximum atomic E-state index is 2.37. The van der Waals surface area contributed by atoms with Crippen molar-refractivity contribution in [1.82, 2.24) is 0 Å². The summed E-state index contributed by atoms with van der Waals surface area (Å²) in [6, 6.07) is 22.0. The van der Waals surface area contributed by atoms with Crippen molar-refractivity contribution in [1.29, 1.82) is 0 Å². The van der Waals surface area contributed by atoms with Crippen LogP contribution in [0, 0.1) is 5.41 Å². The summed E-state index contributed by atoms with van der Waals surface area (Å²) >= 11 is 0. The van der Waals surface area contributed by atoms with Crippen LogP contribution >= 0.6 is 0 Å². The second kappa shape index (κ2) is 6.86. The molecule has 0 amide bonds. The van der Waals surface area contributed by atoms with Crippen LogP contribution in [-0.2, 0) is 26.2 Å². The minimum Gasteiger partial charge on any atom is -0.126 e. The van der Waals surface area contributed by atoms with Crippen LogP contribution in [0.1, 0.15) is 40.2 Å². The first-order valence-corrected chi connectivity index (χ1v) is 9.07. The summed E-state index contributed by atoms with van der Waals surface area (Å²) in [7, 11) is 0. The zero-order chi connectivity index (χ0) is 17.8. The van der Waals surface area contributed by atoms with E-state index in [-0.39, 0.29) is 31.6 Å². The average Bonchev–Trinajstić information content (AvgIpc) is 3.06. The molecular formula is C25H25Zr-. The molecule has 3 aromatic carbocycles. The van der Waals surface area contributed by atoms with Gasteiger partial charge in [-0.1, -0.05) is 84.7 Å². The Hall–Kier alpha value is -1.59. The van der Waals surface area contributed by atoms with E-state index in [0.29, 0.717) is 0 Å². The monoisotopic (exact) mass is 415 g/mol. The predicted octanol–water partition coefficient (Wildman–Crippen LogP) is 7.37. The molecule has 0 nitrogen and oxygen atoms in total. The summed E-state index contributed by atoms with van der Waals surface area (Å²) in [6.07, 6.45) is 0. The van der Waals surface area contributed by atoms with E-state index >= 15 is 0 Å². The fourth-order valence-electron chi connectivity index (χ4n) is 4.43. The summed E-state index contributed by atoms with van der Waals surface area (Å²) in [6.45, 7) is 11.6. The van der Waals surface area contributed by atoms with Crippen molar-refractivity contribution in [2.24, 2.45) is 5.41 Å². The molecule has 4 rings (SSSR count). The van der Waals surface area contributed by atoms with Gasteiger partial charge in [-0.25, -0.2) is 0 Å². The second-order valence-corrected chi connectivity index (χ2v) is 7.76. The molecule has 130 valence electrons. The molecule has 1 aliphatic rings. The van der Waals surface area contributed by atoms with Crippen LogP contribution in [0.15, 0.2) is 77.4 Å². The molecule has 0 fully saturated rings. The first-order chi connectivity index (χ1) is 11.9. The average molecular weight is 417 g/mol. The molecule has 0 aliphatic heterocycles. The number of benzene rings is 2. The molecule has 0 spiro atoms. The van der Waals surface area contributed by atoms with Gasteiger partial charge in [-0.05, 0) is 26.3 Å². The van der Waals surface area contributed by atoms with E-state index < -0.39 is 0 Å². The van der Waals surface area contributed by atoms with Crippen molar-refractivity contribution in [3.05, 3.63) is 82.9 Å². The number of hydrogen-bond acceptors (Lipinski definition) is 0. The van der Waals surface area contributed by atoms with E-state index in [9.17, 15) is 0 Å². The van der Waals surface area contributed by atoms with Crippen LogP contribution in [0.5, 0.6) is 0 Å². The molecule has 0 atom stereocenters. The Balaban J connectivity index is 0.00000196. The van der Waals surface area contributed by atoms with Gasteiger partial charge in [0, 0.05) is 31.6 Å². The number of allylic oxidation sites excluding steroid dienone is 4. The predicted molar refractivity (Wildman–Crippen MR) is 110 cm³/mol. The Morgan fingerprint density at radius 1 is 0.769 bits per heavy atom. The van der Waals surface area contributed by atoms with E-state index in [2.05, 4.69) is 95.3 Å². The van der Waals surface area contributed by atoms with Gasteiger partial charge in [0.2, 0.25) is 0 Å². The van der Waals surface area contributed by atoms with Crippen LogP contribution < -0.4 is 0 Å². The summed E-state index contributed by atoms with van der Waals surface area (Å²) in [4.78, 5) is 0. The third-order valence-electron chi connectivity index (χ3n) is 6.20. The molecular weight excluding hydrogens is 391 g/mol. The molecule has 3 aromatic rings. The largest absolute Gasteiger partial charge is 0.126 e. The third-order valence-corrected chi connectivity index (χ3v) is 6.20. The van der Waals surface area contributed by atoms with Gasteiger partial charge in [0.25, 0.3) is 0 Å². The van der Waals surface area contributed by atoms with Crippen LogP contribution in [-0.4, -0.2) is 0 Å². The fourth-order valence-corrected chi connectivity index (χ4v) is 4.43. The molecule has 0 heterocycles. The SMILES string of the molecule is CC1=C(C)C(C)(C)C(c2c(-c3ccccc3)[cH-]c3ccccc23)=C1C.[Zr]. The molecule has 0 unspecified atom stereocenters. The van der Waals surface area contributed by atoms with Crippen molar-refractivity contribution >= 4 is 16.3 Å². The number of rotatable bonds is 2. The van der Waals surface area contributed by atoms with Gasteiger partial charge in [-0.2, -0.15) is 0 Å². The van der Waals surface area contributed by atoms with Gasteiger partial charge in [0.1, 0.15) is 0 Å². The van der Waals surface area contributed by atoms with Crippen LogP contribution in [0.4, 0.5) is 0 Å². The van der Waals surface area contributed by atoms with E-state index in [1.165, 1.54) is 49.8 Å². The van der Waals surface area contributed by atoms with Gasteiger partial charge in [0.05, 0.1) is 0 Å². The molecule has 0 aromatic heterocycles. The van der Waals surface area contributed by atoms with E-state index in [1.54, 1.807) is 0 Å². The van der Waals surface area contributed by atoms with Crippen molar-refractivity contribution in [3.8, 4) is 11.1 Å². The standard InChI is InChI=1S/C25H25.Zr/c1-16-17(2)24(25(4,5)18(16)3)23-21-14-10-9-13-20(21)15-22(23)19-11-7-6-8-12-19;/h6-15H,1-5H3;/q-1;. The maximum absolute atomic E-state index is 2.37. The zero-order valence-corrected chi connectivity index (χ0v) is 18.7.